The molecule has 1 saturated heterocycles. The Bertz CT molecular complexity index is 1460. The number of pyridine rings is 1. The summed E-state index contributed by atoms with van der Waals surface area (Å²) in [5.41, 5.74) is 0.318. The number of anilines is 1. The van der Waals surface area contributed by atoms with Gasteiger partial charge in [-0.2, -0.15) is 0 Å². The van der Waals surface area contributed by atoms with Crippen molar-refractivity contribution in [2.45, 2.75) is 50.1 Å². The average molecular weight is 531 g/mol. The van der Waals surface area contributed by atoms with Crippen molar-refractivity contribution in [3.63, 3.8) is 0 Å². The van der Waals surface area contributed by atoms with Crippen LogP contribution in [0.2, 0.25) is 0 Å². The zero-order valence-corrected chi connectivity index (χ0v) is 20.4. The van der Waals surface area contributed by atoms with E-state index < -0.39 is 47.8 Å². The Balaban J connectivity index is 1.10. The first-order valence-electron chi connectivity index (χ1n) is 12.7. The first-order chi connectivity index (χ1) is 18.2. The molecule has 1 aliphatic heterocycles. The third kappa shape index (κ3) is 4.84. The predicted octanol–water partition coefficient (Wildman–Crippen LogP) is 3.32. The minimum Gasteiger partial charge on any atom is -0.368 e. The number of benzene rings is 1. The number of halogens is 4. The summed E-state index contributed by atoms with van der Waals surface area (Å²) in [6.45, 7) is 2.55. The highest BCUT2D eigenvalue weighted by atomic mass is 19.3. The van der Waals surface area contributed by atoms with Crippen molar-refractivity contribution in [2.24, 2.45) is 0 Å². The molecule has 0 atom stereocenters. The molecule has 0 spiro atoms. The van der Waals surface area contributed by atoms with Gasteiger partial charge in [-0.25, -0.2) is 27.5 Å². The van der Waals surface area contributed by atoms with Crippen molar-refractivity contribution < 1.29 is 22.4 Å². The van der Waals surface area contributed by atoms with E-state index >= 15 is 4.39 Å². The van der Waals surface area contributed by atoms with E-state index in [1.54, 1.807) is 12.1 Å². The Kier molecular flexibility index (Phi) is 6.09. The fourth-order valence-corrected chi connectivity index (χ4v) is 5.09. The van der Waals surface area contributed by atoms with Crippen LogP contribution in [0.25, 0.3) is 11.0 Å². The molecule has 8 nitrogen and oxygen atoms in total. The molecule has 3 aliphatic rings. The van der Waals surface area contributed by atoms with Gasteiger partial charge in [-0.3, -0.25) is 14.5 Å². The molecule has 3 heterocycles. The number of carbonyl (C=O) groups is 1. The summed E-state index contributed by atoms with van der Waals surface area (Å²) in [4.78, 5) is 39.3. The Hall–Kier alpha value is -3.54. The number of rotatable bonds is 6. The average Bonchev–Trinajstić information content (AvgIpc) is 3.68. The quantitative estimate of drug-likeness (QED) is 0.475. The Morgan fingerprint density at radius 1 is 1.13 bits per heavy atom. The summed E-state index contributed by atoms with van der Waals surface area (Å²) < 4.78 is 56.3. The number of carbonyl (C=O) groups excluding carboxylic acids is 1. The number of nitrogens with zero attached hydrogens (tertiary/aromatic N) is 4. The first kappa shape index (κ1) is 24.8. The van der Waals surface area contributed by atoms with Gasteiger partial charge in [0, 0.05) is 69.2 Å². The smallest absolute Gasteiger partial charge is 0.273 e. The van der Waals surface area contributed by atoms with Gasteiger partial charge in [0.15, 0.2) is 17.3 Å². The van der Waals surface area contributed by atoms with Crippen LogP contribution in [-0.2, 0) is 6.54 Å². The lowest BCUT2D eigenvalue weighted by molar-refractivity contribution is -0.0878. The highest BCUT2D eigenvalue weighted by molar-refractivity contribution is 5.93. The van der Waals surface area contributed by atoms with Crippen LogP contribution in [0.5, 0.6) is 0 Å². The molecule has 0 bridgehead atoms. The second kappa shape index (κ2) is 9.33. The molecule has 2 aromatic heterocycles. The molecule has 2 saturated carbocycles. The number of fused-ring (bicyclic) bond motifs is 1. The molecule has 0 unspecified atom stereocenters. The van der Waals surface area contributed by atoms with Crippen LogP contribution in [0.1, 0.15) is 53.3 Å². The van der Waals surface area contributed by atoms with Gasteiger partial charge in [-0.15, -0.1) is 0 Å². The maximum absolute atomic E-state index is 15.3. The highest BCUT2D eigenvalue weighted by Gasteiger charge is 2.47. The van der Waals surface area contributed by atoms with Crippen molar-refractivity contribution in [3.05, 3.63) is 63.3 Å². The summed E-state index contributed by atoms with van der Waals surface area (Å²) in [6.07, 6.45) is 2.44. The lowest BCUT2D eigenvalue weighted by atomic mass is 9.79. The van der Waals surface area contributed by atoms with E-state index in [0.29, 0.717) is 44.0 Å². The number of aromatic nitrogens is 3. The van der Waals surface area contributed by atoms with Crippen LogP contribution >= 0.6 is 0 Å². The van der Waals surface area contributed by atoms with E-state index in [2.05, 4.69) is 20.3 Å². The molecule has 2 aliphatic carbocycles. The maximum atomic E-state index is 15.3. The van der Waals surface area contributed by atoms with Gasteiger partial charge in [-0.05, 0) is 18.9 Å². The second-order valence-electron chi connectivity index (χ2n) is 10.4. The normalized spacial score (nSPS) is 19.9. The summed E-state index contributed by atoms with van der Waals surface area (Å²) in [6, 6.07) is 4.62. The van der Waals surface area contributed by atoms with Crippen LogP contribution in [0.4, 0.5) is 23.2 Å². The van der Waals surface area contributed by atoms with E-state index in [-0.39, 0.29) is 28.5 Å². The number of alkyl halides is 2. The van der Waals surface area contributed by atoms with Gasteiger partial charge < -0.3 is 15.2 Å². The van der Waals surface area contributed by atoms with Gasteiger partial charge in [0.05, 0.1) is 17.4 Å². The van der Waals surface area contributed by atoms with Crippen molar-refractivity contribution >= 4 is 22.6 Å². The topological polar surface area (TPSA) is 94.2 Å². The summed E-state index contributed by atoms with van der Waals surface area (Å²) in [7, 11) is 0. The zero-order valence-electron chi connectivity index (χ0n) is 20.4. The maximum Gasteiger partial charge on any atom is 0.273 e. The Morgan fingerprint density at radius 3 is 2.53 bits per heavy atom. The summed E-state index contributed by atoms with van der Waals surface area (Å²) in [5, 5.41) is 2.73. The van der Waals surface area contributed by atoms with Crippen LogP contribution < -0.4 is 15.8 Å². The molecule has 2 N–H and O–H groups in total. The van der Waals surface area contributed by atoms with E-state index in [1.807, 2.05) is 9.80 Å². The van der Waals surface area contributed by atoms with E-state index in [0.717, 1.165) is 12.8 Å². The van der Waals surface area contributed by atoms with Crippen LogP contribution in [0.3, 0.4) is 0 Å². The molecular weight excluding hydrogens is 504 g/mol. The van der Waals surface area contributed by atoms with Gasteiger partial charge >= 0.3 is 0 Å². The second-order valence-corrected chi connectivity index (χ2v) is 10.4. The zero-order chi connectivity index (χ0) is 26.6. The van der Waals surface area contributed by atoms with Gasteiger partial charge in [0.2, 0.25) is 5.92 Å². The van der Waals surface area contributed by atoms with Crippen molar-refractivity contribution in [1.82, 2.24) is 25.2 Å². The number of H-pyrrole nitrogens is 1. The number of amides is 1. The molecule has 1 aromatic carbocycles. The monoisotopic (exact) mass is 530 g/mol. The standard InChI is InChI=1S/C26H26F4N6O2/c27-18-9-17(12-31-22(18)25(38)32-16-2-3-16)36-7-5-35(6-8-36)13-14-1-4-19-23(20(14)28)34-24(37)21(33-19)15-10-26(29,30)11-15/h1,4,9,12,15-16H,2-3,5-8,10-11,13H2,(H,32,38)(H,34,37). The molecular formula is C26H26F4N6O2. The van der Waals surface area contributed by atoms with Gasteiger partial charge in [0.25, 0.3) is 11.5 Å². The number of hydrogen-bond acceptors (Lipinski definition) is 6. The molecule has 6 rings (SSSR count). The summed E-state index contributed by atoms with van der Waals surface area (Å²) in [5.74, 6) is -5.18. The first-order valence-corrected chi connectivity index (χ1v) is 12.7. The fourth-order valence-electron chi connectivity index (χ4n) is 5.09. The number of hydrogen-bond donors (Lipinski definition) is 2. The lowest BCUT2D eigenvalue weighted by Crippen LogP contribution is -2.46. The number of piperazine rings is 1. The fraction of sp³-hybridized carbons (Fsp3) is 0.462. The molecule has 1 amide bonds. The summed E-state index contributed by atoms with van der Waals surface area (Å²) >= 11 is 0. The minimum absolute atomic E-state index is 0.0224. The Labute approximate surface area is 215 Å². The molecule has 12 heteroatoms. The van der Waals surface area contributed by atoms with E-state index in [9.17, 15) is 22.8 Å². The van der Waals surface area contributed by atoms with Gasteiger partial charge in [0.1, 0.15) is 11.2 Å². The minimum atomic E-state index is -2.78. The number of nitrogens with one attached hydrogen (secondary N) is 2. The molecule has 200 valence electrons. The van der Waals surface area contributed by atoms with Crippen LogP contribution in [-0.4, -0.2) is 63.9 Å². The van der Waals surface area contributed by atoms with Crippen LogP contribution in [0.15, 0.2) is 29.2 Å². The van der Waals surface area contributed by atoms with Crippen molar-refractivity contribution in [2.75, 3.05) is 31.1 Å². The van der Waals surface area contributed by atoms with Crippen LogP contribution in [0, 0.1) is 11.6 Å². The predicted molar refractivity (Wildman–Crippen MR) is 131 cm³/mol. The lowest BCUT2D eigenvalue weighted by Gasteiger charge is -2.36. The molecule has 38 heavy (non-hydrogen) atoms. The molecule has 0 radical (unpaired) electrons. The van der Waals surface area contributed by atoms with E-state index in [1.165, 1.54) is 12.3 Å². The van der Waals surface area contributed by atoms with Crippen molar-refractivity contribution in [3.8, 4) is 0 Å². The third-order valence-corrected chi connectivity index (χ3v) is 7.47. The number of aromatic amines is 1. The Morgan fingerprint density at radius 2 is 1.87 bits per heavy atom. The third-order valence-electron chi connectivity index (χ3n) is 7.47. The van der Waals surface area contributed by atoms with Gasteiger partial charge in [-0.1, -0.05) is 6.07 Å². The highest BCUT2D eigenvalue weighted by Crippen LogP contribution is 2.47. The molecule has 3 fully saturated rings. The largest absolute Gasteiger partial charge is 0.368 e. The molecule has 3 aromatic rings. The van der Waals surface area contributed by atoms with E-state index in [4.69, 9.17) is 0 Å². The SMILES string of the molecule is O=C(NC1CC1)c1ncc(N2CCN(Cc3ccc4nc(C5CC(F)(F)C5)c(=O)[nH]c4c3F)CC2)cc1F. The van der Waals surface area contributed by atoms with Crippen molar-refractivity contribution in [1.29, 1.82) is 0 Å².